The fourth-order valence-corrected chi connectivity index (χ4v) is 5.18. The van der Waals surface area contributed by atoms with Gasteiger partial charge < -0.3 is 33.9 Å². The van der Waals surface area contributed by atoms with E-state index in [2.05, 4.69) is 15.3 Å². The summed E-state index contributed by atoms with van der Waals surface area (Å²) >= 11 is 6.57. The molecule has 240 valence electrons. The monoisotopic (exact) mass is 676 g/mol. The van der Waals surface area contributed by atoms with Crippen molar-refractivity contribution in [3.8, 4) is 23.0 Å². The van der Waals surface area contributed by atoms with Gasteiger partial charge in [-0.05, 0) is 38.5 Å². The highest BCUT2D eigenvalue weighted by Crippen LogP contribution is 2.46. The number of nitrogens with zero attached hydrogens (tertiary/aromatic N) is 3. The van der Waals surface area contributed by atoms with Gasteiger partial charge in [0.25, 0.3) is 0 Å². The van der Waals surface area contributed by atoms with Crippen molar-refractivity contribution in [1.82, 2.24) is 14.9 Å². The number of anilines is 2. The third-order valence-corrected chi connectivity index (χ3v) is 7.36. The van der Waals surface area contributed by atoms with Crippen LogP contribution in [0.15, 0.2) is 60.9 Å². The van der Waals surface area contributed by atoms with Gasteiger partial charge in [-0.3, -0.25) is 0 Å². The Bertz CT molecular complexity index is 1630. The molecule has 6 rings (SSSR count). The number of halogens is 3. The van der Waals surface area contributed by atoms with Crippen molar-refractivity contribution in [2.24, 2.45) is 0 Å². The van der Waals surface area contributed by atoms with Gasteiger partial charge in [0.15, 0.2) is 11.5 Å². The van der Waals surface area contributed by atoms with Crippen LogP contribution in [0.2, 0.25) is 5.02 Å². The van der Waals surface area contributed by atoms with Crippen molar-refractivity contribution in [1.29, 1.82) is 0 Å². The molecule has 0 atom stereocenters. The van der Waals surface area contributed by atoms with Crippen molar-refractivity contribution >= 4 is 64.9 Å². The molecule has 0 unspecified atom stereocenters. The topological polar surface area (TPSA) is 104 Å². The molecule has 0 bridgehead atoms. The normalized spacial score (nSPS) is 14.3. The van der Waals surface area contributed by atoms with Crippen molar-refractivity contribution in [2.75, 3.05) is 25.2 Å². The van der Waals surface area contributed by atoms with E-state index in [1.807, 2.05) is 63.2 Å². The van der Waals surface area contributed by atoms with Crippen LogP contribution in [0.25, 0.3) is 10.9 Å². The summed E-state index contributed by atoms with van der Waals surface area (Å²) in [6.45, 7) is 7.12. The maximum Gasteiger partial charge on any atom is 0.410 e. The minimum atomic E-state index is -0.550. The third kappa shape index (κ3) is 8.06. The first-order valence-electron chi connectivity index (χ1n) is 14.2. The number of carbonyl (C=O) groups is 1. The predicted octanol–water partition coefficient (Wildman–Crippen LogP) is 7.96. The molecule has 45 heavy (non-hydrogen) atoms. The van der Waals surface area contributed by atoms with Crippen molar-refractivity contribution < 1.29 is 28.5 Å². The Balaban J connectivity index is 0.00000230. The number of fused-ring (bicyclic) bond motifs is 2. The third-order valence-electron chi connectivity index (χ3n) is 7.04. The number of benzene rings is 3. The van der Waals surface area contributed by atoms with E-state index in [4.69, 9.17) is 35.3 Å². The Kier molecular flexibility index (Phi) is 11.0. The Morgan fingerprint density at radius 3 is 2.53 bits per heavy atom. The van der Waals surface area contributed by atoms with Crippen LogP contribution in [0.3, 0.4) is 0 Å². The number of ether oxygens (including phenoxy) is 5. The molecule has 2 aliphatic heterocycles. The maximum absolute atomic E-state index is 12.6. The fraction of sp³-hybridized carbons (Fsp3) is 0.344. The number of nitrogens with one attached hydrogen (secondary N) is 1. The van der Waals surface area contributed by atoms with Crippen molar-refractivity contribution in [3.63, 3.8) is 0 Å². The number of likely N-dealkylation sites (tertiary alicyclic amines) is 1. The van der Waals surface area contributed by atoms with Gasteiger partial charge in [0, 0.05) is 38.1 Å². The number of piperidine rings is 1. The van der Waals surface area contributed by atoms with Gasteiger partial charge in [0.1, 0.15) is 47.6 Å². The van der Waals surface area contributed by atoms with Crippen LogP contribution in [0.1, 0.15) is 39.2 Å². The minimum Gasteiger partial charge on any atom is -0.489 e. The highest BCUT2D eigenvalue weighted by atomic mass is 35.5. The number of rotatable bonds is 7. The van der Waals surface area contributed by atoms with E-state index in [0.29, 0.717) is 83.0 Å². The van der Waals surface area contributed by atoms with Gasteiger partial charge in [-0.25, -0.2) is 14.8 Å². The van der Waals surface area contributed by atoms with E-state index in [0.717, 1.165) is 5.56 Å². The van der Waals surface area contributed by atoms with Crippen LogP contribution in [0.5, 0.6) is 23.0 Å². The smallest absolute Gasteiger partial charge is 0.410 e. The molecule has 1 saturated heterocycles. The summed E-state index contributed by atoms with van der Waals surface area (Å²) in [4.78, 5) is 23.4. The van der Waals surface area contributed by atoms with Crippen molar-refractivity contribution in [2.45, 2.75) is 51.9 Å². The van der Waals surface area contributed by atoms with Gasteiger partial charge >= 0.3 is 6.09 Å². The number of amides is 1. The zero-order valence-electron chi connectivity index (χ0n) is 25.1. The summed E-state index contributed by atoms with van der Waals surface area (Å²) < 4.78 is 29.6. The number of hydrogen-bond acceptors (Lipinski definition) is 9. The molecule has 1 N–H and O–H groups in total. The average molecular weight is 678 g/mol. The second kappa shape index (κ2) is 14.5. The molecule has 1 amide bonds. The Hall–Kier alpha value is -3.86. The van der Waals surface area contributed by atoms with E-state index < -0.39 is 5.60 Å². The Morgan fingerprint density at radius 2 is 1.80 bits per heavy atom. The van der Waals surface area contributed by atoms with Crippen LogP contribution in [0, 0.1) is 0 Å². The molecule has 2 aliphatic rings. The van der Waals surface area contributed by atoms with Gasteiger partial charge in [-0.15, -0.1) is 24.8 Å². The molecule has 0 saturated carbocycles. The quantitative estimate of drug-likeness (QED) is 0.209. The van der Waals surface area contributed by atoms with Crippen molar-refractivity contribution in [3.05, 3.63) is 71.5 Å². The molecule has 0 spiro atoms. The van der Waals surface area contributed by atoms with E-state index in [9.17, 15) is 4.79 Å². The number of aromatic nitrogens is 2. The number of carbonyl (C=O) groups excluding carboxylic acids is 1. The molecular weight excluding hydrogens is 643 g/mol. The lowest BCUT2D eigenvalue weighted by Crippen LogP contribution is -2.44. The molecule has 0 aliphatic carbocycles. The maximum atomic E-state index is 12.6. The average Bonchev–Trinajstić information content (AvgIpc) is 3.47. The molecule has 3 heterocycles. The molecule has 10 nitrogen and oxygen atoms in total. The summed E-state index contributed by atoms with van der Waals surface area (Å²) in [5.74, 6) is 2.76. The minimum absolute atomic E-state index is 0. The lowest BCUT2D eigenvalue weighted by Gasteiger charge is -2.33. The zero-order chi connectivity index (χ0) is 30.0. The van der Waals surface area contributed by atoms with Crippen LogP contribution in [0.4, 0.5) is 16.3 Å². The summed E-state index contributed by atoms with van der Waals surface area (Å²) in [7, 11) is 0. The lowest BCUT2D eigenvalue weighted by molar-refractivity contribution is 0.0127. The van der Waals surface area contributed by atoms with E-state index in [-0.39, 0.29) is 43.8 Å². The van der Waals surface area contributed by atoms with E-state index in [1.54, 1.807) is 17.0 Å². The van der Waals surface area contributed by atoms with Gasteiger partial charge in [0.2, 0.25) is 6.79 Å². The highest BCUT2D eigenvalue weighted by molar-refractivity contribution is 6.34. The first-order valence-corrected chi connectivity index (χ1v) is 14.6. The first kappa shape index (κ1) is 34.0. The second-order valence-corrected chi connectivity index (χ2v) is 11.8. The van der Waals surface area contributed by atoms with Crippen LogP contribution < -0.4 is 24.3 Å². The summed E-state index contributed by atoms with van der Waals surface area (Å²) in [6, 6.07) is 17.2. The van der Waals surface area contributed by atoms with Crippen LogP contribution in [-0.2, 0) is 11.3 Å². The van der Waals surface area contributed by atoms with Crippen LogP contribution in [-0.4, -0.2) is 52.5 Å². The number of hydrogen-bond donors (Lipinski definition) is 1. The molecular formula is C32H35Cl3N4O6. The van der Waals surface area contributed by atoms with E-state index >= 15 is 0 Å². The molecule has 1 aromatic heterocycles. The largest absolute Gasteiger partial charge is 0.489 e. The van der Waals surface area contributed by atoms with E-state index in [1.165, 1.54) is 6.33 Å². The van der Waals surface area contributed by atoms with Crippen LogP contribution >= 0.6 is 36.4 Å². The zero-order valence-corrected chi connectivity index (χ0v) is 27.5. The summed E-state index contributed by atoms with van der Waals surface area (Å²) in [5, 5.41) is 4.45. The molecule has 0 radical (unpaired) electrons. The highest BCUT2D eigenvalue weighted by Gasteiger charge is 2.29. The van der Waals surface area contributed by atoms with Gasteiger partial charge in [-0.1, -0.05) is 41.9 Å². The van der Waals surface area contributed by atoms with Gasteiger partial charge in [0.05, 0.1) is 15.9 Å². The fourth-order valence-electron chi connectivity index (χ4n) is 4.99. The standard InChI is InChI=1S/C32H33ClN4O6.2ClH/c1-32(2,3)43-31(38)37-13-11-21(12-14-37)42-26-16-22(39-17-20-7-5-4-6-8-20)15-24-27(26)30(35-18-34-24)36-28-23(33)9-10-25-29(28)41-19-40-25;;/h4-10,15-16,18,21H,11-14,17,19H2,1-3H3,(H,34,35,36);2*1H. The lowest BCUT2D eigenvalue weighted by atomic mass is 10.1. The Morgan fingerprint density at radius 1 is 1.04 bits per heavy atom. The summed E-state index contributed by atoms with van der Waals surface area (Å²) in [5.41, 5.74) is 1.66. The second-order valence-electron chi connectivity index (χ2n) is 11.4. The molecule has 3 aromatic carbocycles. The Labute approximate surface area is 279 Å². The SMILES string of the molecule is CC(C)(C)OC(=O)N1CCC(Oc2cc(OCc3ccccc3)cc3ncnc(Nc4c(Cl)ccc5c4OCO5)c23)CC1.Cl.Cl. The van der Waals surface area contributed by atoms with Gasteiger partial charge in [-0.2, -0.15) is 0 Å². The molecule has 1 fully saturated rings. The molecule has 4 aromatic rings. The predicted molar refractivity (Wildman–Crippen MR) is 177 cm³/mol. The summed E-state index contributed by atoms with van der Waals surface area (Å²) in [6.07, 6.45) is 2.28. The first-order chi connectivity index (χ1) is 20.7. The molecule has 13 heteroatoms.